The average molecular weight is 293 g/mol. The van der Waals surface area contributed by atoms with Crippen LogP contribution in [0.5, 0.6) is 0 Å². The van der Waals surface area contributed by atoms with Crippen LogP contribution in [0.25, 0.3) is 0 Å². The molecule has 0 aliphatic carbocycles. The molecule has 0 aliphatic rings. The summed E-state index contributed by atoms with van der Waals surface area (Å²) in [7, 11) is 1.60. The van der Waals surface area contributed by atoms with Gasteiger partial charge in [0, 0.05) is 25.4 Å². The lowest BCUT2D eigenvalue weighted by atomic mass is 10.2. The fraction of sp³-hybridized carbons (Fsp3) is 0.267. The summed E-state index contributed by atoms with van der Waals surface area (Å²) >= 11 is 0. The maximum atomic E-state index is 13.8. The highest BCUT2D eigenvalue weighted by Gasteiger charge is 2.11. The van der Waals surface area contributed by atoms with Gasteiger partial charge in [-0.05, 0) is 24.6 Å². The highest BCUT2D eigenvalue weighted by molar-refractivity contribution is 5.59. The number of halogens is 2. The monoisotopic (exact) mass is 293 g/mol. The summed E-state index contributed by atoms with van der Waals surface area (Å²) in [5.41, 5.74) is 1.60. The van der Waals surface area contributed by atoms with Crippen molar-refractivity contribution < 1.29 is 13.5 Å². The maximum Gasteiger partial charge on any atom is 0.169 e. The van der Waals surface area contributed by atoms with E-state index >= 15 is 0 Å². The van der Waals surface area contributed by atoms with Crippen LogP contribution >= 0.6 is 0 Å². The predicted molar refractivity (Wildman–Crippen MR) is 78.8 cm³/mol. The number of nitrogens with one attached hydrogen (secondary N) is 2. The molecule has 2 N–H and O–H groups in total. The number of hydrogen-bond donors (Lipinski definition) is 2. The van der Waals surface area contributed by atoms with Gasteiger partial charge in [0.05, 0.1) is 6.61 Å². The van der Waals surface area contributed by atoms with Gasteiger partial charge in [-0.3, -0.25) is 0 Å². The molecule has 1 aromatic carbocycles. The first-order valence-electron chi connectivity index (χ1n) is 6.59. The second-order valence-corrected chi connectivity index (χ2v) is 4.44. The van der Waals surface area contributed by atoms with Crippen LogP contribution < -0.4 is 10.6 Å². The molecule has 21 heavy (non-hydrogen) atoms. The molecule has 0 amide bonds. The van der Waals surface area contributed by atoms with E-state index in [9.17, 15) is 8.78 Å². The Morgan fingerprint density at radius 2 is 1.90 bits per heavy atom. The van der Waals surface area contributed by atoms with Gasteiger partial charge in [0.15, 0.2) is 23.3 Å². The van der Waals surface area contributed by atoms with Gasteiger partial charge in [0.2, 0.25) is 0 Å². The Bertz CT molecular complexity index is 620. The van der Waals surface area contributed by atoms with E-state index in [4.69, 9.17) is 4.74 Å². The zero-order valence-electron chi connectivity index (χ0n) is 11.9. The Morgan fingerprint density at radius 3 is 2.62 bits per heavy atom. The summed E-state index contributed by atoms with van der Waals surface area (Å²) in [6.07, 6.45) is 0. The summed E-state index contributed by atoms with van der Waals surface area (Å²) in [4.78, 5) is 3.93. The van der Waals surface area contributed by atoms with Crippen molar-refractivity contribution in [1.82, 2.24) is 4.98 Å². The molecule has 1 aromatic heterocycles. The van der Waals surface area contributed by atoms with Crippen molar-refractivity contribution >= 4 is 17.3 Å². The van der Waals surface area contributed by atoms with Gasteiger partial charge < -0.3 is 15.4 Å². The lowest BCUT2D eigenvalue weighted by Gasteiger charge is -2.11. The number of anilines is 3. The zero-order chi connectivity index (χ0) is 15.2. The highest BCUT2D eigenvalue weighted by Crippen LogP contribution is 2.23. The van der Waals surface area contributed by atoms with Gasteiger partial charge in [0.1, 0.15) is 0 Å². The molecule has 6 heteroatoms. The second kappa shape index (κ2) is 6.99. The van der Waals surface area contributed by atoms with Gasteiger partial charge in [0.25, 0.3) is 0 Å². The molecule has 0 bridgehead atoms. The van der Waals surface area contributed by atoms with Crippen LogP contribution in [0.2, 0.25) is 0 Å². The topological polar surface area (TPSA) is 46.2 Å². The minimum absolute atomic E-state index is 0.0226. The Hall–Kier alpha value is -2.21. The van der Waals surface area contributed by atoms with Crippen LogP contribution in [0.4, 0.5) is 26.1 Å². The number of hydrogen-bond acceptors (Lipinski definition) is 4. The van der Waals surface area contributed by atoms with Crippen LogP contribution in [-0.4, -0.2) is 18.6 Å². The number of aromatic nitrogens is 1. The lowest BCUT2D eigenvalue weighted by Crippen LogP contribution is -2.06. The molecule has 0 unspecified atom stereocenters. The number of nitrogens with zero attached hydrogens (tertiary/aromatic N) is 1. The minimum Gasteiger partial charge on any atom is -0.380 e. The SMILES string of the molecule is CCNc1nc(Nc2cccc(COC)c2)c(F)cc1F. The quantitative estimate of drug-likeness (QED) is 0.853. The molecule has 0 atom stereocenters. The zero-order valence-corrected chi connectivity index (χ0v) is 11.9. The smallest absolute Gasteiger partial charge is 0.169 e. The first kappa shape index (κ1) is 15.2. The third-order valence-electron chi connectivity index (χ3n) is 2.77. The number of methoxy groups -OCH3 is 1. The number of ether oxygens (including phenoxy) is 1. The van der Waals surface area contributed by atoms with Crippen molar-refractivity contribution in [3.05, 3.63) is 47.5 Å². The molecule has 4 nitrogen and oxygen atoms in total. The van der Waals surface area contributed by atoms with Crippen LogP contribution in [0, 0.1) is 11.6 Å². The second-order valence-electron chi connectivity index (χ2n) is 4.44. The van der Waals surface area contributed by atoms with Crippen molar-refractivity contribution in [2.45, 2.75) is 13.5 Å². The van der Waals surface area contributed by atoms with E-state index in [1.807, 2.05) is 25.1 Å². The van der Waals surface area contributed by atoms with E-state index in [0.29, 0.717) is 18.8 Å². The van der Waals surface area contributed by atoms with Crippen molar-refractivity contribution in [1.29, 1.82) is 0 Å². The maximum absolute atomic E-state index is 13.8. The summed E-state index contributed by atoms with van der Waals surface area (Å²) < 4.78 is 32.3. The Balaban J connectivity index is 2.26. The van der Waals surface area contributed by atoms with Crippen molar-refractivity contribution in [3.8, 4) is 0 Å². The van der Waals surface area contributed by atoms with Crippen LogP contribution in [-0.2, 0) is 11.3 Å². The third-order valence-corrected chi connectivity index (χ3v) is 2.77. The van der Waals surface area contributed by atoms with E-state index in [1.54, 1.807) is 13.2 Å². The van der Waals surface area contributed by atoms with Crippen molar-refractivity contribution in [2.75, 3.05) is 24.3 Å². The molecule has 0 saturated heterocycles. The minimum atomic E-state index is -0.744. The van der Waals surface area contributed by atoms with E-state index in [2.05, 4.69) is 15.6 Å². The van der Waals surface area contributed by atoms with E-state index in [1.165, 1.54) is 0 Å². The Kier molecular flexibility index (Phi) is 5.05. The molecule has 0 saturated carbocycles. The number of rotatable bonds is 6. The fourth-order valence-electron chi connectivity index (χ4n) is 1.89. The fourth-order valence-corrected chi connectivity index (χ4v) is 1.89. The number of benzene rings is 1. The van der Waals surface area contributed by atoms with Crippen LogP contribution in [0.3, 0.4) is 0 Å². The molecule has 2 aromatic rings. The van der Waals surface area contributed by atoms with E-state index < -0.39 is 11.6 Å². The molecule has 112 valence electrons. The van der Waals surface area contributed by atoms with Gasteiger partial charge in [-0.15, -0.1) is 0 Å². The largest absolute Gasteiger partial charge is 0.380 e. The lowest BCUT2D eigenvalue weighted by molar-refractivity contribution is 0.185. The van der Waals surface area contributed by atoms with Gasteiger partial charge in [-0.2, -0.15) is 0 Å². The van der Waals surface area contributed by atoms with Crippen molar-refractivity contribution in [3.63, 3.8) is 0 Å². The van der Waals surface area contributed by atoms with Gasteiger partial charge in [-0.1, -0.05) is 12.1 Å². The highest BCUT2D eigenvalue weighted by atomic mass is 19.1. The van der Waals surface area contributed by atoms with E-state index in [-0.39, 0.29) is 11.6 Å². The molecular weight excluding hydrogens is 276 g/mol. The average Bonchev–Trinajstić information content (AvgIpc) is 2.45. The standard InChI is InChI=1S/C15H17F2N3O/c1-3-18-14-12(16)8-13(17)15(20-14)19-11-6-4-5-10(7-11)9-21-2/h4-8H,3,9H2,1-2H3,(H2,18,19,20). The number of pyridine rings is 1. The van der Waals surface area contributed by atoms with Gasteiger partial charge in [-0.25, -0.2) is 13.8 Å². The molecule has 1 heterocycles. The predicted octanol–water partition coefficient (Wildman–Crippen LogP) is 3.68. The molecule has 0 aliphatic heterocycles. The van der Waals surface area contributed by atoms with Gasteiger partial charge >= 0.3 is 0 Å². The summed E-state index contributed by atoms with van der Waals surface area (Å²) in [5, 5.41) is 5.60. The molecule has 2 rings (SSSR count). The normalized spacial score (nSPS) is 10.5. The first-order chi connectivity index (χ1) is 10.1. The molecular formula is C15H17F2N3O. The first-order valence-corrected chi connectivity index (χ1v) is 6.59. The molecule has 0 radical (unpaired) electrons. The Labute approximate surface area is 122 Å². The third kappa shape index (κ3) is 3.88. The summed E-state index contributed by atoms with van der Waals surface area (Å²) in [5.74, 6) is -1.46. The van der Waals surface area contributed by atoms with Crippen LogP contribution in [0.1, 0.15) is 12.5 Å². The van der Waals surface area contributed by atoms with Crippen LogP contribution in [0.15, 0.2) is 30.3 Å². The summed E-state index contributed by atoms with van der Waals surface area (Å²) in [6, 6.07) is 8.13. The molecule has 0 spiro atoms. The molecule has 0 fully saturated rings. The Morgan fingerprint density at radius 1 is 1.14 bits per heavy atom. The summed E-state index contributed by atoms with van der Waals surface area (Å²) in [6.45, 7) is 2.77. The van der Waals surface area contributed by atoms with Crippen molar-refractivity contribution in [2.24, 2.45) is 0 Å². The van der Waals surface area contributed by atoms with E-state index in [0.717, 1.165) is 11.6 Å².